The van der Waals surface area contributed by atoms with E-state index in [0.29, 0.717) is 18.2 Å². The zero-order valence-corrected chi connectivity index (χ0v) is 26.6. The molecule has 50 heavy (non-hydrogen) atoms. The van der Waals surface area contributed by atoms with Crippen LogP contribution in [0.2, 0.25) is 5.02 Å². The van der Waals surface area contributed by atoms with Crippen molar-refractivity contribution in [2.45, 2.75) is 48.0 Å². The minimum absolute atomic E-state index is 0.137. The Hall–Kier alpha value is -3.50. The fourth-order valence-corrected chi connectivity index (χ4v) is 6.24. The summed E-state index contributed by atoms with van der Waals surface area (Å²) in [5.74, 6) is -15.0. The maximum atomic E-state index is 15.2. The lowest BCUT2D eigenvalue weighted by Crippen LogP contribution is -2.38. The fourth-order valence-electron chi connectivity index (χ4n) is 5.18. The highest BCUT2D eigenvalue weighted by Crippen LogP contribution is 2.65. The van der Waals surface area contributed by atoms with Crippen LogP contribution >= 0.6 is 34.8 Å². The van der Waals surface area contributed by atoms with E-state index in [1.807, 2.05) is 0 Å². The molecule has 1 saturated carbocycles. The van der Waals surface area contributed by atoms with E-state index in [2.05, 4.69) is 5.32 Å². The Morgan fingerprint density at radius 2 is 1.40 bits per heavy atom. The smallest absolute Gasteiger partial charge is 0.326 e. The van der Waals surface area contributed by atoms with Crippen molar-refractivity contribution in [2.75, 3.05) is 5.32 Å². The number of rotatable bonds is 10. The van der Waals surface area contributed by atoms with Crippen LogP contribution < -0.4 is 5.32 Å². The molecule has 0 aliphatic heterocycles. The number of Topliss-reactive ketones (excluding diaryl/α,β-unsaturated/α-hetero) is 2. The molecule has 0 aromatic heterocycles. The number of hydrogen-bond donors (Lipinski definition) is 1. The predicted octanol–water partition coefficient (Wildman–Crippen LogP) is 9.97. The second kappa shape index (κ2) is 13.9. The van der Waals surface area contributed by atoms with Gasteiger partial charge in [-0.3, -0.25) is 14.4 Å². The molecule has 1 aliphatic carbocycles. The summed E-state index contributed by atoms with van der Waals surface area (Å²) >= 11 is 18.4. The second-order valence-corrected chi connectivity index (χ2v) is 13.1. The van der Waals surface area contributed by atoms with E-state index in [-0.39, 0.29) is 21.8 Å². The van der Waals surface area contributed by atoms with E-state index >= 15 is 4.39 Å². The Bertz CT molecular complexity index is 1830. The summed E-state index contributed by atoms with van der Waals surface area (Å²) < 4.78 is 158. The number of ketones is 2. The third-order valence-corrected chi connectivity index (χ3v) is 9.01. The molecule has 270 valence electrons. The van der Waals surface area contributed by atoms with Gasteiger partial charge in [-0.1, -0.05) is 23.7 Å². The Balaban J connectivity index is 1.50. The zero-order chi connectivity index (χ0) is 37.7. The molecule has 4 rings (SSSR count). The first-order valence-corrected chi connectivity index (χ1v) is 15.0. The average molecular weight is 787 g/mol. The number of halogens is 15. The number of carbonyl (C=O) groups excluding carboxylic acids is 3. The van der Waals surface area contributed by atoms with Crippen LogP contribution in [-0.2, 0) is 28.6 Å². The molecule has 1 amide bonds. The van der Waals surface area contributed by atoms with Crippen molar-refractivity contribution in [1.29, 1.82) is 0 Å². The molecule has 0 unspecified atom stereocenters. The lowest BCUT2D eigenvalue weighted by molar-refractivity contribution is -0.284. The van der Waals surface area contributed by atoms with E-state index in [1.54, 1.807) is 0 Å². The molecular weight excluding hydrogens is 769 g/mol. The third kappa shape index (κ3) is 8.51. The van der Waals surface area contributed by atoms with Crippen LogP contribution in [0.1, 0.15) is 45.0 Å². The Morgan fingerprint density at radius 3 is 1.98 bits per heavy atom. The summed E-state index contributed by atoms with van der Waals surface area (Å²) in [6.07, 6.45) is -21.3. The van der Waals surface area contributed by atoms with Crippen LogP contribution in [0.15, 0.2) is 48.5 Å². The summed E-state index contributed by atoms with van der Waals surface area (Å²) in [6.45, 7) is 0. The number of hydrogen-bond acceptors (Lipinski definition) is 3. The minimum atomic E-state index is -5.87. The number of benzene rings is 3. The first kappa shape index (κ1) is 39.3. The number of amides is 1. The van der Waals surface area contributed by atoms with Crippen LogP contribution in [-0.4, -0.2) is 34.2 Å². The molecule has 0 radical (unpaired) electrons. The summed E-state index contributed by atoms with van der Waals surface area (Å²) in [4.78, 5) is 38.2. The molecule has 1 aliphatic rings. The van der Waals surface area contributed by atoms with Crippen LogP contribution in [0.25, 0.3) is 0 Å². The SMILES string of the molecule is O=C(Cc1c(F)ccc(CC(=O)c2cc(NC(=O)[C@H]3[C@H](c4ccc(F)c(C(F)(F)F)c4)C3(Cl)Cl)ccc2Cl)c1F)CC(C(F)(F)F)C(F)(F)F. The monoisotopic (exact) mass is 785 g/mol. The van der Waals surface area contributed by atoms with Gasteiger partial charge in [-0.25, -0.2) is 13.2 Å². The van der Waals surface area contributed by atoms with E-state index in [0.717, 1.165) is 24.3 Å². The first-order valence-electron chi connectivity index (χ1n) is 13.8. The molecule has 1 fully saturated rings. The van der Waals surface area contributed by atoms with Crippen molar-refractivity contribution in [3.8, 4) is 0 Å². The maximum absolute atomic E-state index is 15.2. The number of anilines is 1. The van der Waals surface area contributed by atoms with Crippen molar-refractivity contribution in [1.82, 2.24) is 0 Å². The predicted molar refractivity (Wildman–Crippen MR) is 155 cm³/mol. The largest absolute Gasteiger partial charge is 0.419 e. The molecule has 19 heteroatoms. The fraction of sp³-hybridized carbons (Fsp3) is 0.323. The van der Waals surface area contributed by atoms with Crippen molar-refractivity contribution >= 4 is 58.0 Å². The molecule has 2 atom stereocenters. The normalized spacial score (nSPS) is 17.5. The number of carbonyl (C=O) groups is 3. The summed E-state index contributed by atoms with van der Waals surface area (Å²) in [6, 6.07) is 6.57. The van der Waals surface area contributed by atoms with Gasteiger partial charge in [0.2, 0.25) is 5.91 Å². The lowest BCUT2D eigenvalue weighted by Gasteiger charge is -2.22. The molecule has 3 aromatic carbocycles. The molecular formula is C31H18Cl3F12NO3. The van der Waals surface area contributed by atoms with Crippen LogP contribution in [0, 0.1) is 29.3 Å². The molecule has 0 bridgehead atoms. The van der Waals surface area contributed by atoms with Gasteiger partial charge in [-0.2, -0.15) is 39.5 Å². The first-order chi connectivity index (χ1) is 22.8. The molecule has 4 nitrogen and oxygen atoms in total. The minimum Gasteiger partial charge on any atom is -0.326 e. The highest BCUT2D eigenvalue weighted by atomic mass is 35.5. The summed E-state index contributed by atoms with van der Waals surface area (Å²) in [5, 5.41) is 2.10. The highest BCUT2D eigenvalue weighted by Gasteiger charge is 2.68. The van der Waals surface area contributed by atoms with Gasteiger partial charge < -0.3 is 5.32 Å². The van der Waals surface area contributed by atoms with E-state index in [9.17, 15) is 62.7 Å². The molecule has 0 spiro atoms. The Labute approximate surface area is 288 Å². The van der Waals surface area contributed by atoms with E-state index < -0.39 is 111 Å². The maximum Gasteiger partial charge on any atom is 0.419 e. The second-order valence-electron chi connectivity index (χ2n) is 11.2. The van der Waals surface area contributed by atoms with Gasteiger partial charge in [0.05, 0.1) is 16.5 Å². The summed E-state index contributed by atoms with van der Waals surface area (Å²) in [5.41, 5.74) is -4.10. The van der Waals surface area contributed by atoms with Gasteiger partial charge >= 0.3 is 18.5 Å². The van der Waals surface area contributed by atoms with Crippen LogP contribution in [0.3, 0.4) is 0 Å². The van der Waals surface area contributed by atoms with Gasteiger partial charge in [-0.15, -0.1) is 23.2 Å². The lowest BCUT2D eigenvalue weighted by atomic mass is 9.94. The molecule has 0 heterocycles. The number of nitrogens with one attached hydrogen (secondary N) is 1. The Morgan fingerprint density at radius 1 is 0.800 bits per heavy atom. The van der Waals surface area contributed by atoms with Crippen LogP contribution in [0.4, 0.5) is 58.4 Å². The van der Waals surface area contributed by atoms with Gasteiger partial charge in [0.25, 0.3) is 0 Å². The van der Waals surface area contributed by atoms with Gasteiger partial charge in [-0.05, 0) is 47.5 Å². The van der Waals surface area contributed by atoms with E-state index in [1.165, 1.54) is 6.07 Å². The highest BCUT2D eigenvalue weighted by molar-refractivity contribution is 6.53. The third-order valence-electron chi connectivity index (χ3n) is 7.74. The average Bonchev–Trinajstić information content (AvgIpc) is 3.56. The molecule has 1 N–H and O–H groups in total. The standard InChI is InChI=1S/C31H18Cl3F12NO3/c32-19-4-3-14(47-27(50)25-24(28(25,33)34)12-1-6-21(36)18(7-12)29(38,39)40)9-16(19)22(49)8-13-2-5-20(35)17(26(13)37)10-15(48)11-23(30(41,42)43)31(44,45)46/h1-7,9,23-25H,8,10-11H2,(H,47,50)/t24-,25+/m0/s1. The molecule has 0 saturated heterocycles. The Kier molecular flexibility index (Phi) is 10.9. The number of alkyl halides is 11. The molecule has 3 aromatic rings. The topological polar surface area (TPSA) is 63.2 Å². The quantitative estimate of drug-likeness (QED) is 0.127. The van der Waals surface area contributed by atoms with E-state index in [4.69, 9.17) is 34.8 Å². The van der Waals surface area contributed by atoms with Crippen molar-refractivity contribution < 1.29 is 67.1 Å². The summed E-state index contributed by atoms with van der Waals surface area (Å²) in [7, 11) is 0. The van der Waals surface area contributed by atoms with Gasteiger partial charge in [0.15, 0.2) is 11.7 Å². The van der Waals surface area contributed by atoms with Gasteiger partial charge in [0, 0.05) is 42.0 Å². The van der Waals surface area contributed by atoms with Crippen molar-refractivity contribution in [3.63, 3.8) is 0 Å². The zero-order valence-electron chi connectivity index (χ0n) is 24.4. The van der Waals surface area contributed by atoms with Crippen molar-refractivity contribution in [3.05, 3.63) is 98.8 Å². The van der Waals surface area contributed by atoms with Gasteiger partial charge in [0.1, 0.15) is 27.6 Å². The van der Waals surface area contributed by atoms with Crippen molar-refractivity contribution in [2.24, 2.45) is 11.8 Å². The van der Waals surface area contributed by atoms with Crippen LogP contribution in [0.5, 0.6) is 0 Å².